The molecule has 1 aliphatic rings. The van der Waals surface area contributed by atoms with Crippen molar-refractivity contribution in [1.29, 1.82) is 0 Å². The van der Waals surface area contributed by atoms with Crippen molar-refractivity contribution in [3.63, 3.8) is 0 Å². The summed E-state index contributed by atoms with van der Waals surface area (Å²) in [5, 5.41) is 7.38. The zero-order chi connectivity index (χ0) is 23.7. The molecule has 1 N–H and O–H groups in total. The predicted molar refractivity (Wildman–Crippen MR) is 134 cm³/mol. The summed E-state index contributed by atoms with van der Waals surface area (Å²) in [6.07, 6.45) is 1.65. The van der Waals surface area contributed by atoms with E-state index in [2.05, 4.69) is 22.4 Å². The zero-order valence-electron chi connectivity index (χ0n) is 18.5. The van der Waals surface area contributed by atoms with E-state index >= 15 is 0 Å². The molecule has 0 aliphatic carbocycles. The van der Waals surface area contributed by atoms with Gasteiger partial charge in [0.05, 0.1) is 12.8 Å². The molecule has 1 saturated heterocycles. The summed E-state index contributed by atoms with van der Waals surface area (Å²) in [5.74, 6) is -0.212. The Morgan fingerprint density at radius 1 is 1.03 bits per heavy atom. The average Bonchev–Trinajstić information content (AvgIpc) is 3.56. The Bertz CT molecular complexity index is 1470. The van der Waals surface area contributed by atoms with E-state index in [9.17, 15) is 13.2 Å². The van der Waals surface area contributed by atoms with Crippen LogP contribution in [0.1, 0.15) is 23.2 Å². The molecule has 9 heteroatoms. The largest absolute Gasteiger partial charge is 0.495 e. The molecule has 5 rings (SSSR count). The van der Waals surface area contributed by atoms with E-state index in [0.29, 0.717) is 18.2 Å². The molecule has 4 aromatic rings. The highest BCUT2D eigenvalue weighted by Gasteiger charge is 2.30. The highest BCUT2D eigenvalue weighted by atomic mass is 32.2. The minimum Gasteiger partial charge on any atom is -0.495 e. The summed E-state index contributed by atoms with van der Waals surface area (Å²) < 4.78 is 32.9. The number of thiazole rings is 1. The minimum atomic E-state index is -3.74. The maximum atomic E-state index is 13.1. The Morgan fingerprint density at radius 2 is 1.79 bits per heavy atom. The third kappa shape index (κ3) is 4.29. The zero-order valence-corrected chi connectivity index (χ0v) is 20.2. The summed E-state index contributed by atoms with van der Waals surface area (Å²) in [7, 11) is -2.33. The third-order valence-electron chi connectivity index (χ3n) is 5.88. The molecule has 1 fully saturated rings. The normalized spacial score (nSPS) is 14.4. The fraction of sp³-hybridized carbons (Fsp3) is 0.200. The summed E-state index contributed by atoms with van der Waals surface area (Å²) in [6, 6.07) is 18.6. The maximum Gasteiger partial charge on any atom is 0.257 e. The first kappa shape index (κ1) is 22.5. The van der Waals surface area contributed by atoms with Crippen LogP contribution in [0, 0.1) is 0 Å². The van der Waals surface area contributed by atoms with Gasteiger partial charge in [0.2, 0.25) is 10.0 Å². The van der Waals surface area contributed by atoms with Gasteiger partial charge >= 0.3 is 0 Å². The quantitative estimate of drug-likeness (QED) is 0.408. The van der Waals surface area contributed by atoms with Crippen LogP contribution in [0.15, 0.2) is 70.9 Å². The van der Waals surface area contributed by atoms with Gasteiger partial charge in [-0.05, 0) is 47.9 Å². The summed E-state index contributed by atoms with van der Waals surface area (Å²) in [4.78, 5) is 17.5. The lowest BCUT2D eigenvalue weighted by Crippen LogP contribution is -2.28. The van der Waals surface area contributed by atoms with E-state index in [0.717, 1.165) is 34.9 Å². The van der Waals surface area contributed by atoms with Gasteiger partial charge in [0.25, 0.3) is 5.91 Å². The number of methoxy groups -OCH3 is 1. The molecule has 0 saturated carbocycles. The molecule has 2 heterocycles. The standard InChI is InChI=1S/C25H23N3O4S2/c1-32-22-11-10-20(15-23(22)34(30,31)28-12-4-5-13-28)24(29)27-25-26-21(16-33-25)19-9-8-17-6-2-3-7-18(17)14-19/h2-3,6-11,14-16H,4-5,12-13H2,1H3,(H,26,27,29). The Morgan fingerprint density at radius 3 is 2.56 bits per heavy atom. The van der Waals surface area contributed by atoms with Crippen molar-refractivity contribution in [3.8, 4) is 17.0 Å². The van der Waals surface area contributed by atoms with Crippen LogP contribution in [-0.4, -0.2) is 43.8 Å². The van der Waals surface area contributed by atoms with E-state index in [1.165, 1.54) is 34.9 Å². The van der Waals surface area contributed by atoms with Crippen molar-refractivity contribution in [2.75, 3.05) is 25.5 Å². The number of fused-ring (bicyclic) bond motifs is 1. The number of ether oxygens (including phenoxy) is 1. The lowest BCUT2D eigenvalue weighted by atomic mass is 10.1. The minimum absolute atomic E-state index is 0.000501. The number of anilines is 1. The number of carbonyl (C=O) groups excluding carboxylic acids is 1. The van der Waals surface area contributed by atoms with Crippen molar-refractivity contribution >= 4 is 43.2 Å². The van der Waals surface area contributed by atoms with Gasteiger partial charge in [-0.2, -0.15) is 4.31 Å². The molecule has 0 bridgehead atoms. The highest BCUT2D eigenvalue weighted by Crippen LogP contribution is 2.31. The van der Waals surface area contributed by atoms with Gasteiger partial charge in [-0.3, -0.25) is 10.1 Å². The fourth-order valence-electron chi connectivity index (χ4n) is 4.07. The van der Waals surface area contributed by atoms with Crippen molar-refractivity contribution in [1.82, 2.24) is 9.29 Å². The molecule has 0 atom stereocenters. The van der Waals surface area contributed by atoms with Crippen LogP contribution in [0.2, 0.25) is 0 Å². The number of hydrogen-bond donors (Lipinski definition) is 1. The number of amides is 1. The molecule has 174 valence electrons. The summed E-state index contributed by atoms with van der Waals surface area (Å²) in [5.41, 5.74) is 1.94. The first-order chi connectivity index (χ1) is 16.5. The second-order valence-corrected chi connectivity index (χ2v) is 10.8. The second kappa shape index (κ2) is 9.17. The highest BCUT2D eigenvalue weighted by molar-refractivity contribution is 7.89. The van der Waals surface area contributed by atoms with Crippen molar-refractivity contribution in [2.24, 2.45) is 0 Å². The number of nitrogens with zero attached hydrogens (tertiary/aromatic N) is 2. The number of carbonyl (C=O) groups is 1. The van der Waals surface area contributed by atoms with E-state index in [1.54, 1.807) is 6.07 Å². The topological polar surface area (TPSA) is 88.6 Å². The average molecular weight is 494 g/mol. The Kier molecular flexibility index (Phi) is 6.07. The lowest BCUT2D eigenvalue weighted by Gasteiger charge is -2.18. The molecule has 34 heavy (non-hydrogen) atoms. The van der Waals surface area contributed by atoms with Gasteiger partial charge in [-0.25, -0.2) is 13.4 Å². The molecule has 1 amide bonds. The number of aromatic nitrogens is 1. The predicted octanol–water partition coefficient (Wildman–Crippen LogP) is 5.01. The van der Waals surface area contributed by atoms with Crippen LogP contribution in [0.4, 0.5) is 5.13 Å². The maximum absolute atomic E-state index is 13.1. The molecule has 0 radical (unpaired) electrons. The van der Waals surface area contributed by atoms with E-state index in [4.69, 9.17) is 4.74 Å². The van der Waals surface area contributed by atoms with Gasteiger partial charge in [0, 0.05) is 29.6 Å². The molecule has 0 spiro atoms. The van der Waals surface area contributed by atoms with Crippen molar-refractivity contribution in [3.05, 3.63) is 71.6 Å². The van der Waals surface area contributed by atoms with Crippen LogP contribution in [0.5, 0.6) is 5.75 Å². The van der Waals surface area contributed by atoms with Crippen LogP contribution >= 0.6 is 11.3 Å². The molecule has 7 nitrogen and oxygen atoms in total. The number of hydrogen-bond acceptors (Lipinski definition) is 6. The summed E-state index contributed by atoms with van der Waals surface area (Å²) in [6.45, 7) is 0.942. The SMILES string of the molecule is COc1ccc(C(=O)Nc2nc(-c3ccc4ccccc4c3)cs2)cc1S(=O)(=O)N1CCCC1. The number of nitrogens with one attached hydrogen (secondary N) is 1. The Hall–Kier alpha value is -3.27. The molecular formula is C25H23N3O4S2. The van der Waals surface area contributed by atoms with E-state index in [-0.39, 0.29) is 16.2 Å². The molecular weight excluding hydrogens is 470 g/mol. The van der Waals surface area contributed by atoms with Gasteiger partial charge < -0.3 is 4.74 Å². The molecule has 1 aliphatic heterocycles. The Labute approximate surface area is 202 Å². The van der Waals surface area contributed by atoms with Gasteiger partial charge in [0.1, 0.15) is 10.6 Å². The summed E-state index contributed by atoms with van der Waals surface area (Å²) >= 11 is 1.32. The van der Waals surface area contributed by atoms with Gasteiger partial charge in [-0.1, -0.05) is 36.4 Å². The molecule has 3 aromatic carbocycles. The smallest absolute Gasteiger partial charge is 0.257 e. The second-order valence-electron chi connectivity index (χ2n) is 8.03. The number of sulfonamides is 1. The van der Waals surface area contributed by atoms with Crippen molar-refractivity contribution < 1.29 is 17.9 Å². The number of rotatable bonds is 6. The van der Waals surface area contributed by atoms with Crippen LogP contribution in [0.25, 0.3) is 22.0 Å². The first-order valence-electron chi connectivity index (χ1n) is 10.9. The van der Waals surface area contributed by atoms with Crippen molar-refractivity contribution in [2.45, 2.75) is 17.7 Å². The number of benzene rings is 3. The van der Waals surface area contributed by atoms with E-state index < -0.39 is 15.9 Å². The van der Waals surface area contributed by atoms with Crippen LogP contribution < -0.4 is 10.1 Å². The van der Waals surface area contributed by atoms with E-state index in [1.807, 2.05) is 35.7 Å². The first-order valence-corrected chi connectivity index (χ1v) is 13.2. The monoisotopic (exact) mass is 493 g/mol. The fourth-order valence-corrected chi connectivity index (χ4v) is 6.48. The van der Waals surface area contributed by atoms with Crippen LogP contribution in [0.3, 0.4) is 0 Å². The third-order valence-corrected chi connectivity index (χ3v) is 8.56. The van der Waals surface area contributed by atoms with Crippen LogP contribution in [-0.2, 0) is 10.0 Å². The lowest BCUT2D eigenvalue weighted by molar-refractivity contribution is 0.102. The van der Waals surface area contributed by atoms with Gasteiger partial charge in [0.15, 0.2) is 5.13 Å². The Balaban J connectivity index is 1.39. The molecule has 0 unspecified atom stereocenters. The van der Waals surface area contributed by atoms with Gasteiger partial charge in [-0.15, -0.1) is 11.3 Å². The molecule has 1 aromatic heterocycles.